The normalized spacial score (nSPS) is 23.1. The van der Waals surface area contributed by atoms with E-state index in [9.17, 15) is 0 Å². The van der Waals surface area contributed by atoms with Gasteiger partial charge in [-0.1, -0.05) is 61.0 Å². The molecule has 0 amide bonds. The van der Waals surface area contributed by atoms with E-state index in [-0.39, 0.29) is 0 Å². The van der Waals surface area contributed by atoms with E-state index in [0.29, 0.717) is 22.5 Å². The van der Waals surface area contributed by atoms with E-state index in [0.717, 1.165) is 18.8 Å². The smallest absolute Gasteiger partial charge is 0.258 e. The molecule has 128 valence electrons. The minimum Gasteiger partial charge on any atom is -0.546 e. The van der Waals surface area contributed by atoms with E-state index in [1.54, 1.807) is 0 Å². The first-order chi connectivity index (χ1) is 10.3. The van der Waals surface area contributed by atoms with Crippen LogP contribution in [0.5, 0.6) is 0 Å². The summed E-state index contributed by atoms with van der Waals surface area (Å²) in [6, 6.07) is 0. The highest BCUT2D eigenvalue weighted by Crippen LogP contribution is 2.45. The van der Waals surface area contributed by atoms with Crippen LogP contribution in [0, 0.1) is 11.8 Å². The van der Waals surface area contributed by atoms with Crippen LogP contribution in [0.2, 0.25) is 16.6 Å². The summed E-state index contributed by atoms with van der Waals surface area (Å²) in [5.41, 5.74) is 1.94. The van der Waals surface area contributed by atoms with Gasteiger partial charge in [0.2, 0.25) is 0 Å². The maximum Gasteiger partial charge on any atom is 0.258 e. The second kappa shape index (κ2) is 8.38. The molecule has 0 N–H and O–H groups in total. The molecule has 0 unspecified atom stereocenters. The summed E-state index contributed by atoms with van der Waals surface area (Å²) in [7, 11) is -1.79. The Morgan fingerprint density at radius 1 is 1.18 bits per heavy atom. The Bertz CT molecular complexity index is 359. The fourth-order valence-corrected chi connectivity index (χ4v) is 9.96. The summed E-state index contributed by atoms with van der Waals surface area (Å²) < 4.78 is 6.90. The van der Waals surface area contributed by atoms with Gasteiger partial charge in [-0.2, -0.15) is 0 Å². The molecular formula is C20H38OSi. The Morgan fingerprint density at radius 2 is 1.73 bits per heavy atom. The first-order valence-corrected chi connectivity index (χ1v) is 11.4. The van der Waals surface area contributed by atoms with Crippen LogP contribution < -0.4 is 0 Å². The fourth-order valence-electron chi connectivity index (χ4n) is 4.63. The molecule has 1 rings (SSSR count). The lowest BCUT2D eigenvalue weighted by molar-refractivity contribution is 0.273. The van der Waals surface area contributed by atoms with Crippen LogP contribution in [0.25, 0.3) is 0 Å². The van der Waals surface area contributed by atoms with Crippen LogP contribution in [0.3, 0.4) is 0 Å². The molecule has 0 spiro atoms. The van der Waals surface area contributed by atoms with Crippen LogP contribution in [-0.2, 0) is 4.43 Å². The minimum absolute atomic E-state index is 0.629. The number of allylic oxidation sites excluding steroid dienone is 3. The minimum atomic E-state index is -1.79. The predicted octanol–water partition coefficient (Wildman–Crippen LogP) is 7.07. The summed E-state index contributed by atoms with van der Waals surface area (Å²) in [6.45, 7) is 20.5. The molecule has 2 heteroatoms. The van der Waals surface area contributed by atoms with Crippen LogP contribution >= 0.6 is 0 Å². The van der Waals surface area contributed by atoms with Crippen LogP contribution in [0.1, 0.15) is 74.1 Å². The highest BCUT2D eigenvalue weighted by Gasteiger charge is 2.47. The number of hydrogen-bond donors (Lipinski definition) is 0. The lowest BCUT2D eigenvalue weighted by atomic mass is 9.80. The second-order valence-corrected chi connectivity index (χ2v) is 13.3. The topological polar surface area (TPSA) is 9.23 Å². The van der Waals surface area contributed by atoms with E-state index >= 15 is 0 Å². The fraction of sp³-hybridized carbons (Fsp3) is 0.800. The van der Waals surface area contributed by atoms with Gasteiger partial charge in [-0.25, -0.2) is 0 Å². The number of hydrogen-bond acceptors (Lipinski definition) is 1. The van der Waals surface area contributed by atoms with Gasteiger partial charge in [0.15, 0.2) is 0 Å². The summed E-state index contributed by atoms with van der Waals surface area (Å²) >= 11 is 0. The average Bonchev–Trinajstić information content (AvgIpc) is 2.44. The quantitative estimate of drug-likeness (QED) is 0.343. The molecule has 0 aliphatic heterocycles. The zero-order valence-corrected chi connectivity index (χ0v) is 17.0. The summed E-state index contributed by atoms with van der Waals surface area (Å²) in [5, 5.41) is 0. The van der Waals surface area contributed by atoms with E-state index in [1.165, 1.54) is 18.6 Å². The number of rotatable bonds is 8. The molecule has 0 aromatic rings. The Balaban J connectivity index is 3.05. The van der Waals surface area contributed by atoms with Gasteiger partial charge in [0.1, 0.15) is 0 Å². The SMILES string of the molecule is C=CC[C@H]1C=C(O[Si](C(C)C)(C(C)C)C(C)C)CC[C@@H]1CC. The highest BCUT2D eigenvalue weighted by molar-refractivity contribution is 6.77. The van der Waals surface area contributed by atoms with Crippen molar-refractivity contribution >= 4 is 8.32 Å². The van der Waals surface area contributed by atoms with Gasteiger partial charge in [0, 0.05) is 6.42 Å². The molecule has 2 atom stereocenters. The highest BCUT2D eigenvalue weighted by atomic mass is 28.4. The monoisotopic (exact) mass is 322 g/mol. The van der Waals surface area contributed by atoms with Crippen LogP contribution in [0.4, 0.5) is 0 Å². The van der Waals surface area contributed by atoms with Crippen molar-refractivity contribution in [1.29, 1.82) is 0 Å². The molecule has 1 nitrogen and oxygen atoms in total. The van der Waals surface area contributed by atoms with Gasteiger partial charge < -0.3 is 4.43 Å². The Kier molecular flexibility index (Phi) is 7.44. The molecule has 0 bridgehead atoms. The molecular weight excluding hydrogens is 284 g/mol. The maximum absolute atomic E-state index is 6.90. The van der Waals surface area contributed by atoms with Crippen molar-refractivity contribution in [2.45, 2.75) is 90.8 Å². The van der Waals surface area contributed by atoms with Gasteiger partial charge in [0.05, 0.1) is 5.76 Å². The van der Waals surface area contributed by atoms with Crippen molar-refractivity contribution in [2.75, 3.05) is 0 Å². The third-order valence-electron chi connectivity index (χ3n) is 5.75. The van der Waals surface area contributed by atoms with E-state index in [1.807, 2.05) is 0 Å². The van der Waals surface area contributed by atoms with E-state index in [2.05, 4.69) is 67.2 Å². The Labute approximate surface area is 140 Å². The van der Waals surface area contributed by atoms with E-state index < -0.39 is 8.32 Å². The molecule has 0 fully saturated rings. The van der Waals surface area contributed by atoms with Gasteiger partial charge in [-0.3, -0.25) is 0 Å². The van der Waals surface area contributed by atoms with Crippen molar-refractivity contribution in [3.63, 3.8) is 0 Å². The molecule has 22 heavy (non-hydrogen) atoms. The van der Waals surface area contributed by atoms with Crippen molar-refractivity contribution in [1.82, 2.24) is 0 Å². The van der Waals surface area contributed by atoms with Crippen molar-refractivity contribution in [2.24, 2.45) is 11.8 Å². The zero-order valence-electron chi connectivity index (χ0n) is 16.0. The van der Waals surface area contributed by atoms with Crippen LogP contribution in [-0.4, -0.2) is 8.32 Å². The Hall–Kier alpha value is -0.503. The van der Waals surface area contributed by atoms with Crippen LogP contribution in [0.15, 0.2) is 24.5 Å². The van der Waals surface area contributed by atoms with Crippen molar-refractivity contribution in [3.8, 4) is 0 Å². The van der Waals surface area contributed by atoms with Crippen molar-refractivity contribution in [3.05, 3.63) is 24.5 Å². The lowest BCUT2D eigenvalue weighted by Gasteiger charge is -2.44. The molecule has 0 aromatic carbocycles. The molecule has 0 saturated carbocycles. The molecule has 1 aliphatic carbocycles. The maximum atomic E-state index is 6.90. The largest absolute Gasteiger partial charge is 0.546 e. The van der Waals surface area contributed by atoms with Crippen molar-refractivity contribution < 1.29 is 4.43 Å². The van der Waals surface area contributed by atoms with Gasteiger partial charge >= 0.3 is 0 Å². The standard InChI is InChI=1S/C20H38OSi/c1-9-11-19-14-20(13-12-18(19)10-2)21-22(15(3)4,16(5)6)17(7)8/h9,14-19H,1,10-13H2,2-8H3/t18-,19-/m0/s1. The van der Waals surface area contributed by atoms with E-state index in [4.69, 9.17) is 4.43 Å². The van der Waals surface area contributed by atoms with Gasteiger partial charge in [-0.05, 0) is 47.4 Å². The summed E-state index contributed by atoms with van der Waals surface area (Å²) in [6.07, 6.45) is 9.29. The average molecular weight is 323 g/mol. The third-order valence-corrected chi connectivity index (χ3v) is 11.8. The Morgan fingerprint density at radius 3 is 2.14 bits per heavy atom. The molecule has 0 saturated heterocycles. The summed E-state index contributed by atoms with van der Waals surface area (Å²) in [5.74, 6) is 2.72. The third kappa shape index (κ3) is 4.07. The van der Waals surface area contributed by atoms with Gasteiger partial charge in [0.25, 0.3) is 8.32 Å². The molecule has 0 aromatic heterocycles. The molecule has 1 aliphatic rings. The van der Waals surface area contributed by atoms with Gasteiger partial charge in [-0.15, -0.1) is 6.58 Å². The first-order valence-electron chi connectivity index (χ1n) is 9.30. The predicted molar refractivity (Wildman–Crippen MR) is 102 cm³/mol. The first kappa shape index (κ1) is 19.5. The summed E-state index contributed by atoms with van der Waals surface area (Å²) in [4.78, 5) is 0. The second-order valence-electron chi connectivity index (χ2n) is 7.95. The zero-order chi connectivity index (χ0) is 16.9. The molecule has 0 radical (unpaired) electrons. The molecule has 0 heterocycles. The lowest BCUT2D eigenvalue weighted by Crippen LogP contribution is -2.47.